The summed E-state index contributed by atoms with van der Waals surface area (Å²) in [5, 5.41) is 0. The van der Waals surface area contributed by atoms with Crippen molar-refractivity contribution < 1.29 is 19.1 Å². The van der Waals surface area contributed by atoms with Crippen molar-refractivity contribution >= 4 is 11.9 Å². The lowest BCUT2D eigenvalue weighted by Crippen LogP contribution is -2.12. The number of hydrogen-bond donors (Lipinski definition) is 1. The molecule has 5 heteroatoms. The van der Waals surface area contributed by atoms with Gasteiger partial charge in [-0.05, 0) is 6.92 Å². The van der Waals surface area contributed by atoms with Crippen LogP contribution >= 0.6 is 0 Å². The van der Waals surface area contributed by atoms with Gasteiger partial charge in [0.15, 0.2) is 0 Å². The lowest BCUT2D eigenvalue weighted by atomic mass is 10.4. The van der Waals surface area contributed by atoms with E-state index in [0.717, 1.165) is 6.08 Å². The molecule has 0 aromatic rings. The Balaban J connectivity index is 3.87. The van der Waals surface area contributed by atoms with Crippen LogP contribution in [0.15, 0.2) is 11.8 Å². The fraction of sp³-hybridized carbons (Fsp3) is 0.500. The van der Waals surface area contributed by atoms with Crippen LogP contribution in [-0.4, -0.2) is 25.2 Å². The zero-order valence-corrected chi connectivity index (χ0v) is 7.70. The molecular weight excluding hydrogens is 174 g/mol. The number of carbonyl (C=O) groups is 2. The van der Waals surface area contributed by atoms with Crippen molar-refractivity contribution in [1.82, 2.24) is 0 Å². The van der Waals surface area contributed by atoms with Crippen LogP contribution < -0.4 is 5.73 Å². The highest BCUT2D eigenvalue weighted by atomic mass is 16.5. The Morgan fingerprint density at radius 2 is 2.00 bits per heavy atom. The van der Waals surface area contributed by atoms with Crippen LogP contribution in [0.1, 0.15) is 13.8 Å². The second-order valence-electron chi connectivity index (χ2n) is 2.25. The fourth-order valence-electron chi connectivity index (χ4n) is 0.562. The molecule has 0 heterocycles. The normalized spacial score (nSPS) is 10.8. The van der Waals surface area contributed by atoms with Crippen molar-refractivity contribution in [3.05, 3.63) is 11.8 Å². The third kappa shape index (κ3) is 6.86. The standard InChI is InChI=1S/C8H13NO4/c1-3-12-8(11)4-7(9)5-13-6(2)10/h4H,3,5,9H2,1-2H3/b7-4-. The number of esters is 2. The van der Waals surface area contributed by atoms with E-state index in [9.17, 15) is 9.59 Å². The Morgan fingerprint density at radius 3 is 2.46 bits per heavy atom. The van der Waals surface area contributed by atoms with Gasteiger partial charge in [0.2, 0.25) is 0 Å². The van der Waals surface area contributed by atoms with E-state index in [0.29, 0.717) is 0 Å². The minimum absolute atomic E-state index is 0.0891. The van der Waals surface area contributed by atoms with E-state index in [1.165, 1.54) is 6.92 Å². The summed E-state index contributed by atoms with van der Waals surface area (Å²) in [4.78, 5) is 21.1. The van der Waals surface area contributed by atoms with E-state index in [1.54, 1.807) is 6.92 Å². The predicted octanol–water partition coefficient (Wildman–Crippen LogP) is -0.0448. The van der Waals surface area contributed by atoms with Crippen LogP contribution in [0.4, 0.5) is 0 Å². The highest BCUT2D eigenvalue weighted by molar-refractivity contribution is 5.82. The lowest BCUT2D eigenvalue weighted by Gasteiger charge is -2.01. The summed E-state index contributed by atoms with van der Waals surface area (Å²) in [7, 11) is 0. The Morgan fingerprint density at radius 1 is 1.38 bits per heavy atom. The summed E-state index contributed by atoms with van der Waals surface area (Å²) in [6.45, 7) is 3.15. The van der Waals surface area contributed by atoms with Crippen molar-refractivity contribution in [2.45, 2.75) is 13.8 Å². The lowest BCUT2D eigenvalue weighted by molar-refractivity contribution is -0.141. The van der Waals surface area contributed by atoms with Gasteiger partial charge in [0.05, 0.1) is 12.3 Å². The molecule has 0 saturated heterocycles. The van der Waals surface area contributed by atoms with E-state index in [2.05, 4.69) is 9.47 Å². The quantitative estimate of drug-likeness (QED) is 0.493. The maximum absolute atomic E-state index is 10.8. The molecular formula is C8H13NO4. The maximum atomic E-state index is 10.8. The molecule has 0 amide bonds. The average molecular weight is 187 g/mol. The van der Waals surface area contributed by atoms with Gasteiger partial charge in [0.1, 0.15) is 6.61 Å². The highest BCUT2D eigenvalue weighted by Gasteiger charge is 2.00. The molecule has 0 saturated carbocycles. The van der Waals surface area contributed by atoms with Crippen LogP contribution in [0.5, 0.6) is 0 Å². The van der Waals surface area contributed by atoms with Gasteiger partial charge in [0, 0.05) is 13.0 Å². The molecule has 13 heavy (non-hydrogen) atoms. The fourth-order valence-corrected chi connectivity index (χ4v) is 0.562. The summed E-state index contributed by atoms with van der Waals surface area (Å²) in [6, 6.07) is 0. The molecule has 0 aliphatic heterocycles. The first kappa shape index (κ1) is 11.5. The SMILES string of the molecule is CCOC(=O)/C=C(\N)COC(C)=O. The molecule has 0 aromatic heterocycles. The van der Waals surface area contributed by atoms with Crippen LogP contribution in [0, 0.1) is 0 Å². The van der Waals surface area contributed by atoms with E-state index in [1.807, 2.05) is 0 Å². The van der Waals surface area contributed by atoms with Gasteiger partial charge >= 0.3 is 11.9 Å². The molecule has 0 aliphatic rings. The number of nitrogens with two attached hydrogens (primary N) is 1. The minimum Gasteiger partial charge on any atom is -0.463 e. The van der Waals surface area contributed by atoms with E-state index in [4.69, 9.17) is 5.73 Å². The molecule has 0 fully saturated rings. The van der Waals surface area contributed by atoms with Crippen molar-refractivity contribution in [2.24, 2.45) is 5.73 Å². The molecule has 0 aliphatic carbocycles. The van der Waals surface area contributed by atoms with Gasteiger partial charge in [-0.3, -0.25) is 4.79 Å². The van der Waals surface area contributed by atoms with Crippen molar-refractivity contribution in [3.63, 3.8) is 0 Å². The molecule has 74 valence electrons. The van der Waals surface area contributed by atoms with Crippen LogP contribution in [0.2, 0.25) is 0 Å². The maximum Gasteiger partial charge on any atom is 0.332 e. The molecule has 0 spiro atoms. The zero-order valence-electron chi connectivity index (χ0n) is 7.70. The monoisotopic (exact) mass is 187 g/mol. The predicted molar refractivity (Wildman–Crippen MR) is 45.5 cm³/mol. The van der Waals surface area contributed by atoms with Gasteiger partial charge in [-0.2, -0.15) is 0 Å². The summed E-state index contributed by atoms with van der Waals surface area (Å²) < 4.78 is 9.13. The zero-order chi connectivity index (χ0) is 10.3. The second-order valence-corrected chi connectivity index (χ2v) is 2.25. The Hall–Kier alpha value is -1.52. The third-order valence-electron chi connectivity index (χ3n) is 1.03. The first-order valence-corrected chi connectivity index (χ1v) is 3.82. The van der Waals surface area contributed by atoms with Crippen LogP contribution in [-0.2, 0) is 19.1 Å². The first-order valence-electron chi connectivity index (χ1n) is 3.82. The summed E-state index contributed by atoms with van der Waals surface area (Å²) in [6.07, 6.45) is 1.09. The molecule has 0 rings (SSSR count). The van der Waals surface area contributed by atoms with Gasteiger partial charge < -0.3 is 15.2 Å². The van der Waals surface area contributed by atoms with Crippen molar-refractivity contribution in [1.29, 1.82) is 0 Å². The third-order valence-corrected chi connectivity index (χ3v) is 1.03. The molecule has 0 atom stereocenters. The van der Waals surface area contributed by atoms with Gasteiger partial charge in [-0.15, -0.1) is 0 Å². The van der Waals surface area contributed by atoms with E-state index < -0.39 is 11.9 Å². The minimum atomic E-state index is -0.535. The largest absolute Gasteiger partial charge is 0.463 e. The smallest absolute Gasteiger partial charge is 0.332 e. The van der Waals surface area contributed by atoms with Crippen molar-refractivity contribution in [2.75, 3.05) is 13.2 Å². The Labute approximate surface area is 76.5 Å². The number of hydrogen-bond acceptors (Lipinski definition) is 5. The number of carbonyl (C=O) groups excluding carboxylic acids is 2. The summed E-state index contributed by atoms with van der Waals surface area (Å²) >= 11 is 0. The van der Waals surface area contributed by atoms with Crippen LogP contribution in [0.3, 0.4) is 0 Å². The van der Waals surface area contributed by atoms with E-state index >= 15 is 0 Å². The average Bonchev–Trinajstić information content (AvgIpc) is 2.01. The molecule has 0 radical (unpaired) electrons. The van der Waals surface area contributed by atoms with Crippen LogP contribution in [0.25, 0.3) is 0 Å². The second kappa shape index (κ2) is 6.05. The number of rotatable bonds is 4. The van der Waals surface area contributed by atoms with Gasteiger partial charge in [-0.1, -0.05) is 0 Å². The molecule has 0 bridgehead atoms. The molecule has 2 N–H and O–H groups in total. The summed E-state index contributed by atoms with van der Waals surface area (Å²) in [5.74, 6) is -0.979. The first-order chi connectivity index (χ1) is 6.06. The Kier molecular flexibility index (Phi) is 5.34. The van der Waals surface area contributed by atoms with E-state index in [-0.39, 0.29) is 18.9 Å². The van der Waals surface area contributed by atoms with Gasteiger partial charge in [-0.25, -0.2) is 4.79 Å². The highest BCUT2D eigenvalue weighted by Crippen LogP contribution is 1.89. The number of ether oxygens (including phenoxy) is 2. The molecule has 0 unspecified atom stereocenters. The Bertz CT molecular complexity index is 222. The van der Waals surface area contributed by atoms with Crippen molar-refractivity contribution in [3.8, 4) is 0 Å². The van der Waals surface area contributed by atoms with Gasteiger partial charge in [0.25, 0.3) is 0 Å². The topological polar surface area (TPSA) is 78.6 Å². The molecule has 0 aromatic carbocycles. The summed E-state index contributed by atoms with van der Waals surface area (Å²) in [5.41, 5.74) is 5.50. The molecule has 5 nitrogen and oxygen atoms in total.